The molecule has 2 N–H and O–H groups in total. The van der Waals surface area contributed by atoms with Gasteiger partial charge in [-0.05, 0) is 84.1 Å². The fraction of sp³-hybridized carbons (Fsp3) is 0.219. The van der Waals surface area contributed by atoms with Crippen LogP contribution < -0.4 is 19.5 Å². The smallest absolute Gasteiger partial charge is 0.255 e. The first kappa shape index (κ1) is 28.5. The van der Waals surface area contributed by atoms with Crippen molar-refractivity contribution in [2.24, 2.45) is 0 Å². The standard InChI is InChI=1S/C32H29FN2O7S/c1-40-28-12-7-21-18-29(28)41-16-4-14-34-32(37)25-19-23(9-11-27(25)36)42-22-8-10-24-20(17-22)13-15-35(31(21)24)43(38,39)30-6-3-2-5-26(30)33/h2-3,5-12,17-19,31,36H,4,13-16H2,1H3,(H,34,37). The van der Waals surface area contributed by atoms with E-state index in [1.54, 1.807) is 36.4 Å². The minimum absolute atomic E-state index is 0.0703. The minimum atomic E-state index is -4.26. The first-order chi connectivity index (χ1) is 20.8. The van der Waals surface area contributed by atoms with Crippen LogP contribution >= 0.6 is 0 Å². The Hall–Kier alpha value is -4.61. The molecule has 0 aliphatic carbocycles. The van der Waals surface area contributed by atoms with Gasteiger partial charge >= 0.3 is 0 Å². The average molecular weight is 605 g/mol. The summed E-state index contributed by atoms with van der Waals surface area (Å²) in [6.07, 6.45) is 0.789. The van der Waals surface area contributed by atoms with E-state index in [9.17, 15) is 22.7 Å². The van der Waals surface area contributed by atoms with E-state index in [2.05, 4.69) is 5.32 Å². The molecular weight excluding hydrogens is 575 g/mol. The third-order valence-electron chi connectivity index (χ3n) is 7.54. The first-order valence-corrected chi connectivity index (χ1v) is 15.2. The molecule has 43 heavy (non-hydrogen) atoms. The lowest BCUT2D eigenvalue weighted by Gasteiger charge is -2.37. The maximum Gasteiger partial charge on any atom is 0.255 e. The van der Waals surface area contributed by atoms with Gasteiger partial charge in [0.05, 0.1) is 25.3 Å². The summed E-state index contributed by atoms with van der Waals surface area (Å²) >= 11 is 0. The van der Waals surface area contributed by atoms with Crippen molar-refractivity contribution in [3.8, 4) is 28.7 Å². The van der Waals surface area contributed by atoms with Crippen LogP contribution in [0.25, 0.3) is 0 Å². The van der Waals surface area contributed by atoms with Gasteiger partial charge in [-0.1, -0.05) is 24.3 Å². The normalized spacial score (nSPS) is 17.2. The molecule has 3 aliphatic rings. The number of benzene rings is 4. The van der Waals surface area contributed by atoms with Crippen LogP contribution in [0.15, 0.2) is 83.8 Å². The molecule has 222 valence electrons. The molecule has 0 radical (unpaired) electrons. The molecule has 4 aromatic rings. The van der Waals surface area contributed by atoms with E-state index >= 15 is 0 Å². The fourth-order valence-corrected chi connectivity index (χ4v) is 7.12. The molecule has 1 atom stereocenters. The summed E-state index contributed by atoms with van der Waals surface area (Å²) in [6.45, 7) is 0.577. The minimum Gasteiger partial charge on any atom is -0.507 e. The predicted molar refractivity (Wildman–Crippen MR) is 156 cm³/mol. The zero-order valence-electron chi connectivity index (χ0n) is 23.2. The molecule has 0 saturated carbocycles. The third-order valence-corrected chi connectivity index (χ3v) is 9.44. The molecule has 3 heterocycles. The van der Waals surface area contributed by atoms with Crippen LogP contribution in [0.4, 0.5) is 4.39 Å². The third kappa shape index (κ3) is 5.49. The highest BCUT2D eigenvalue weighted by molar-refractivity contribution is 7.89. The molecule has 8 bridgehead atoms. The largest absolute Gasteiger partial charge is 0.507 e. The Bertz CT molecular complexity index is 1810. The molecule has 7 rings (SSSR count). The molecule has 3 aliphatic heterocycles. The summed E-state index contributed by atoms with van der Waals surface area (Å²) in [4.78, 5) is 12.4. The molecule has 0 aromatic heterocycles. The number of methoxy groups -OCH3 is 1. The van der Waals surface area contributed by atoms with Gasteiger partial charge in [-0.25, -0.2) is 12.8 Å². The Labute approximate surface area is 248 Å². The second kappa shape index (κ2) is 11.6. The number of nitrogens with zero attached hydrogens (tertiary/aromatic N) is 1. The Balaban J connectivity index is 1.50. The number of amides is 1. The molecule has 1 amide bonds. The van der Waals surface area contributed by atoms with E-state index in [1.807, 2.05) is 6.07 Å². The van der Waals surface area contributed by atoms with E-state index in [-0.39, 0.29) is 31.0 Å². The van der Waals surface area contributed by atoms with Crippen LogP contribution in [-0.4, -0.2) is 50.5 Å². The van der Waals surface area contributed by atoms with Gasteiger partial charge in [0.25, 0.3) is 5.91 Å². The molecule has 0 spiro atoms. The number of phenolic OH excluding ortho intramolecular Hbond substituents is 1. The number of carbonyl (C=O) groups is 1. The van der Waals surface area contributed by atoms with Crippen molar-refractivity contribution in [3.63, 3.8) is 0 Å². The van der Waals surface area contributed by atoms with Gasteiger partial charge in [-0.3, -0.25) is 4.79 Å². The number of rotatable bonds is 3. The fourth-order valence-electron chi connectivity index (χ4n) is 5.45. The summed E-state index contributed by atoms with van der Waals surface area (Å²) in [5.41, 5.74) is 2.24. The molecule has 1 unspecified atom stereocenters. The number of hydrogen-bond donors (Lipinski definition) is 2. The molecule has 4 aromatic carbocycles. The van der Waals surface area contributed by atoms with Crippen molar-refractivity contribution in [2.45, 2.75) is 23.8 Å². The van der Waals surface area contributed by atoms with Gasteiger partial charge in [0.15, 0.2) is 11.5 Å². The maximum absolute atomic E-state index is 14.8. The monoisotopic (exact) mass is 604 g/mol. The van der Waals surface area contributed by atoms with Crippen LogP contribution in [0, 0.1) is 5.82 Å². The van der Waals surface area contributed by atoms with Crippen molar-refractivity contribution in [1.29, 1.82) is 0 Å². The van der Waals surface area contributed by atoms with Crippen LogP contribution in [0.1, 0.15) is 39.5 Å². The summed E-state index contributed by atoms with van der Waals surface area (Å²) in [6, 6.07) is 19.5. The van der Waals surface area contributed by atoms with Gasteiger partial charge < -0.3 is 24.6 Å². The highest BCUT2D eigenvalue weighted by atomic mass is 32.2. The van der Waals surface area contributed by atoms with Crippen molar-refractivity contribution in [1.82, 2.24) is 9.62 Å². The summed E-state index contributed by atoms with van der Waals surface area (Å²) in [7, 11) is -2.75. The SMILES string of the molecule is COc1ccc2cc1OCCCNC(=O)c1cc(ccc1O)Oc1ccc3c(c1)CCN(S(=O)(=O)c1ccccc1F)C23. The first-order valence-electron chi connectivity index (χ1n) is 13.8. The summed E-state index contributed by atoms with van der Waals surface area (Å²) in [5, 5.41) is 13.1. The Kier molecular flexibility index (Phi) is 7.68. The van der Waals surface area contributed by atoms with Gasteiger partial charge in [0, 0.05) is 13.1 Å². The van der Waals surface area contributed by atoms with Gasteiger partial charge in [0.1, 0.15) is 28.0 Å². The maximum atomic E-state index is 14.8. The number of nitrogens with one attached hydrogen (secondary N) is 1. The summed E-state index contributed by atoms with van der Waals surface area (Å²) in [5.74, 6) is 0.217. The lowest BCUT2D eigenvalue weighted by atomic mass is 9.89. The zero-order chi connectivity index (χ0) is 30.1. The van der Waals surface area contributed by atoms with E-state index < -0.39 is 32.7 Å². The van der Waals surface area contributed by atoms with Crippen molar-refractivity contribution < 1.29 is 36.9 Å². The second-order valence-electron chi connectivity index (χ2n) is 10.2. The number of fused-ring (bicyclic) bond motifs is 6. The topological polar surface area (TPSA) is 114 Å². The summed E-state index contributed by atoms with van der Waals surface area (Å²) < 4.78 is 61.7. The second-order valence-corrected chi connectivity index (χ2v) is 12.1. The number of halogens is 1. The Morgan fingerprint density at radius 1 is 1.02 bits per heavy atom. The van der Waals surface area contributed by atoms with Gasteiger partial charge in [-0.2, -0.15) is 4.31 Å². The molecule has 0 fully saturated rings. The highest BCUT2D eigenvalue weighted by Crippen LogP contribution is 2.43. The quantitative estimate of drug-likeness (QED) is 0.331. The van der Waals surface area contributed by atoms with E-state index in [4.69, 9.17) is 14.2 Å². The molecule has 0 saturated heterocycles. The van der Waals surface area contributed by atoms with E-state index in [0.29, 0.717) is 47.0 Å². The van der Waals surface area contributed by atoms with Crippen LogP contribution in [0.3, 0.4) is 0 Å². The lowest BCUT2D eigenvalue weighted by Crippen LogP contribution is -2.40. The molecular formula is C32H29FN2O7S. The number of hydrogen-bond acceptors (Lipinski definition) is 7. The predicted octanol–water partition coefficient (Wildman–Crippen LogP) is 5.18. The highest BCUT2D eigenvalue weighted by Gasteiger charge is 2.39. The van der Waals surface area contributed by atoms with Crippen LogP contribution in [-0.2, 0) is 16.4 Å². The van der Waals surface area contributed by atoms with Gasteiger partial charge in [-0.15, -0.1) is 0 Å². The van der Waals surface area contributed by atoms with Crippen molar-refractivity contribution in [3.05, 3.63) is 107 Å². The van der Waals surface area contributed by atoms with Crippen molar-refractivity contribution >= 4 is 15.9 Å². The number of carbonyl (C=O) groups excluding carboxylic acids is 1. The number of ether oxygens (including phenoxy) is 3. The van der Waals surface area contributed by atoms with Crippen molar-refractivity contribution in [2.75, 3.05) is 26.8 Å². The number of aromatic hydroxyl groups is 1. The van der Waals surface area contributed by atoms with Crippen LogP contribution in [0.5, 0.6) is 28.7 Å². The van der Waals surface area contributed by atoms with E-state index in [1.165, 1.54) is 41.7 Å². The molecule has 9 nitrogen and oxygen atoms in total. The Morgan fingerprint density at radius 3 is 2.63 bits per heavy atom. The average Bonchev–Trinajstić information content (AvgIpc) is 3.00. The Morgan fingerprint density at radius 2 is 1.81 bits per heavy atom. The van der Waals surface area contributed by atoms with Crippen LogP contribution in [0.2, 0.25) is 0 Å². The van der Waals surface area contributed by atoms with E-state index in [0.717, 1.165) is 11.6 Å². The lowest BCUT2D eigenvalue weighted by molar-refractivity contribution is 0.0948. The van der Waals surface area contributed by atoms with Gasteiger partial charge in [0.2, 0.25) is 10.0 Å². The molecule has 11 heteroatoms. The zero-order valence-corrected chi connectivity index (χ0v) is 24.1. The number of phenols is 1. The number of sulfonamides is 1.